The first-order chi connectivity index (χ1) is 25.3. The van der Waals surface area contributed by atoms with Crippen molar-refractivity contribution in [2.24, 2.45) is 0 Å². The molecule has 0 amide bonds. The summed E-state index contributed by atoms with van der Waals surface area (Å²) in [4.78, 5) is 10.4. The molecule has 2 nitrogen and oxygen atoms in total. The van der Waals surface area contributed by atoms with Crippen LogP contribution in [0.1, 0.15) is 22.3 Å². The monoisotopic (exact) mass is 648 g/mol. The fourth-order valence-corrected chi connectivity index (χ4v) is 8.25. The molecular weight excluding hydrogens is 617 g/mol. The lowest BCUT2D eigenvalue weighted by Gasteiger charge is -2.34. The second kappa shape index (κ2) is 11.8. The maximum Gasteiger partial charge on any atom is 0.160 e. The highest BCUT2D eigenvalue weighted by atomic mass is 14.9. The minimum Gasteiger partial charge on any atom is -0.227 e. The van der Waals surface area contributed by atoms with Crippen LogP contribution in [0.25, 0.3) is 66.6 Å². The van der Waals surface area contributed by atoms with E-state index in [0.29, 0.717) is 0 Å². The Morgan fingerprint density at radius 3 is 1.61 bits per heavy atom. The van der Waals surface area contributed by atoms with Crippen molar-refractivity contribution in [1.29, 1.82) is 0 Å². The molecule has 1 aliphatic carbocycles. The van der Waals surface area contributed by atoms with Gasteiger partial charge in [-0.2, -0.15) is 0 Å². The molecule has 0 atom stereocenters. The first-order valence-corrected chi connectivity index (χ1v) is 17.5. The van der Waals surface area contributed by atoms with E-state index in [1.165, 1.54) is 38.9 Å². The molecule has 0 saturated heterocycles. The molecule has 0 spiro atoms. The lowest BCUT2D eigenvalue weighted by Crippen LogP contribution is -2.28. The summed E-state index contributed by atoms with van der Waals surface area (Å²) >= 11 is 0. The number of benzene rings is 8. The molecule has 0 radical (unpaired) electrons. The van der Waals surface area contributed by atoms with Crippen LogP contribution in [0.4, 0.5) is 0 Å². The van der Waals surface area contributed by atoms with Gasteiger partial charge < -0.3 is 0 Å². The highest BCUT2D eigenvalue weighted by Gasteiger charge is 2.46. The summed E-state index contributed by atoms with van der Waals surface area (Å²) in [6.45, 7) is 0. The first-order valence-electron chi connectivity index (χ1n) is 17.5. The second-order valence-electron chi connectivity index (χ2n) is 13.3. The molecule has 0 aliphatic heterocycles. The van der Waals surface area contributed by atoms with Crippen molar-refractivity contribution < 1.29 is 0 Å². The van der Waals surface area contributed by atoms with Crippen molar-refractivity contribution in [3.8, 4) is 44.9 Å². The number of aromatic nitrogens is 2. The molecule has 238 valence electrons. The third-order valence-electron chi connectivity index (χ3n) is 10.6. The van der Waals surface area contributed by atoms with Crippen LogP contribution in [0.2, 0.25) is 0 Å². The lowest BCUT2D eigenvalue weighted by atomic mass is 9.67. The number of nitrogens with zero attached hydrogens (tertiary/aromatic N) is 2. The minimum absolute atomic E-state index is 0.448. The number of fused-ring (bicyclic) bond motifs is 6. The Labute approximate surface area is 297 Å². The van der Waals surface area contributed by atoms with Gasteiger partial charge in [-0.05, 0) is 68.1 Å². The lowest BCUT2D eigenvalue weighted by molar-refractivity contribution is 0.769. The molecule has 0 bridgehead atoms. The van der Waals surface area contributed by atoms with Crippen molar-refractivity contribution >= 4 is 21.7 Å². The van der Waals surface area contributed by atoms with E-state index >= 15 is 0 Å². The normalized spacial score (nSPS) is 12.9. The molecule has 0 N–H and O–H groups in total. The van der Waals surface area contributed by atoms with Crippen LogP contribution in [0.15, 0.2) is 194 Å². The molecule has 2 heteroatoms. The molecule has 0 unspecified atom stereocenters. The van der Waals surface area contributed by atoms with Crippen molar-refractivity contribution in [2.45, 2.75) is 5.41 Å². The maximum atomic E-state index is 5.27. The fraction of sp³-hybridized carbons (Fsp3) is 0.0204. The Kier molecular flexibility index (Phi) is 6.75. The minimum atomic E-state index is -0.448. The summed E-state index contributed by atoms with van der Waals surface area (Å²) in [6.07, 6.45) is 0. The van der Waals surface area contributed by atoms with Gasteiger partial charge in [-0.3, -0.25) is 0 Å². The SMILES string of the molecule is c1ccc(-c2nc(-c3ccccc3)c3ccc4ccc(-c5ccc6c(c5)C(c5ccccc5)(c5ccccc5)c5ccccc5-6)cc4c3n2)cc1. The number of hydrogen-bond donors (Lipinski definition) is 0. The Bertz CT molecular complexity index is 2680. The quantitative estimate of drug-likeness (QED) is 0.174. The average Bonchev–Trinajstić information content (AvgIpc) is 3.52. The van der Waals surface area contributed by atoms with E-state index < -0.39 is 5.41 Å². The predicted molar refractivity (Wildman–Crippen MR) is 211 cm³/mol. The van der Waals surface area contributed by atoms with Crippen molar-refractivity contribution in [3.63, 3.8) is 0 Å². The molecule has 1 aromatic heterocycles. The zero-order chi connectivity index (χ0) is 33.8. The van der Waals surface area contributed by atoms with Gasteiger partial charge in [0.2, 0.25) is 0 Å². The third-order valence-corrected chi connectivity index (χ3v) is 10.6. The smallest absolute Gasteiger partial charge is 0.160 e. The van der Waals surface area contributed by atoms with Crippen LogP contribution in [0.5, 0.6) is 0 Å². The van der Waals surface area contributed by atoms with Gasteiger partial charge in [0.1, 0.15) is 0 Å². The van der Waals surface area contributed by atoms with Crippen LogP contribution in [0, 0.1) is 0 Å². The summed E-state index contributed by atoms with van der Waals surface area (Å²) in [5, 5.41) is 3.31. The second-order valence-corrected chi connectivity index (χ2v) is 13.3. The topological polar surface area (TPSA) is 25.8 Å². The Balaban J connectivity index is 1.22. The highest BCUT2D eigenvalue weighted by molar-refractivity contribution is 6.11. The molecule has 0 fully saturated rings. The largest absolute Gasteiger partial charge is 0.227 e. The number of rotatable bonds is 5. The van der Waals surface area contributed by atoms with E-state index in [9.17, 15) is 0 Å². The molecule has 1 heterocycles. The Morgan fingerprint density at radius 2 is 0.902 bits per heavy atom. The summed E-state index contributed by atoms with van der Waals surface area (Å²) < 4.78 is 0. The third kappa shape index (κ3) is 4.57. The zero-order valence-electron chi connectivity index (χ0n) is 27.9. The van der Waals surface area contributed by atoms with Gasteiger partial charge in [-0.15, -0.1) is 0 Å². The first kappa shape index (κ1) is 29.3. The molecule has 0 saturated carbocycles. The van der Waals surface area contributed by atoms with E-state index in [0.717, 1.165) is 49.9 Å². The summed E-state index contributed by atoms with van der Waals surface area (Å²) in [5.41, 5.74) is 13.6. The van der Waals surface area contributed by atoms with Crippen LogP contribution < -0.4 is 0 Å². The van der Waals surface area contributed by atoms with Gasteiger partial charge in [0.05, 0.1) is 16.6 Å². The summed E-state index contributed by atoms with van der Waals surface area (Å²) in [5.74, 6) is 0.727. The molecule has 9 aromatic rings. The summed E-state index contributed by atoms with van der Waals surface area (Å²) in [7, 11) is 0. The number of hydrogen-bond acceptors (Lipinski definition) is 2. The molecular formula is C49H32N2. The van der Waals surface area contributed by atoms with Gasteiger partial charge in [0.15, 0.2) is 5.82 Å². The van der Waals surface area contributed by atoms with E-state index in [1.807, 2.05) is 24.3 Å². The van der Waals surface area contributed by atoms with Crippen LogP contribution in [-0.2, 0) is 5.41 Å². The van der Waals surface area contributed by atoms with E-state index in [-0.39, 0.29) is 0 Å². The Hall–Kier alpha value is -6.64. The van der Waals surface area contributed by atoms with E-state index in [1.54, 1.807) is 0 Å². The standard InChI is InChI=1S/C49H32N2/c1-5-15-34(16-6-1)46-42-30-27-33-25-26-36(31-43(33)47(42)51-48(50-46)35-17-7-2-8-18-35)37-28-29-41-40-23-13-14-24-44(40)49(45(41)32-37,38-19-9-3-10-20-38)39-21-11-4-12-22-39/h1-32H. The molecule has 51 heavy (non-hydrogen) atoms. The molecule has 8 aromatic carbocycles. The van der Waals surface area contributed by atoms with Gasteiger partial charge in [0, 0.05) is 21.9 Å². The van der Waals surface area contributed by atoms with Crippen molar-refractivity contribution in [1.82, 2.24) is 9.97 Å². The maximum absolute atomic E-state index is 5.27. The highest BCUT2D eigenvalue weighted by Crippen LogP contribution is 2.56. The van der Waals surface area contributed by atoms with Crippen LogP contribution in [-0.4, -0.2) is 9.97 Å². The predicted octanol–water partition coefficient (Wildman–Crippen LogP) is 12.1. The Morgan fingerprint density at radius 1 is 0.353 bits per heavy atom. The van der Waals surface area contributed by atoms with Gasteiger partial charge in [-0.1, -0.05) is 176 Å². The van der Waals surface area contributed by atoms with Crippen LogP contribution >= 0.6 is 0 Å². The van der Waals surface area contributed by atoms with Crippen LogP contribution in [0.3, 0.4) is 0 Å². The average molecular weight is 649 g/mol. The van der Waals surface area contributed by atoms with Crippen molar-refractivity contribution in [3.05, 3.63) is 216 Å². The van der Waals surface area contributed by atoms with Gasteiger partial charge in [-0.25, -0.2) is 9.97 Å². The summed E-state index contributed by atoms with van der Waals surface area (Å²) in [6, 6.07) is 69.9. The zero-order valence-corrected chi connectivity index (χ0v) is 27.9. The molecule has 1 aliphatic rings. The van der Waals surface area contributed by atoms with Crippen molar-refractivity contribution in [2.75, 3.05) is 0 Å². The molecule has 10 rings (SSSR count). The fourth-order valence-electron chi connectivity index (χ4n) is 8.25. The van der Waals surface area contributed by atoms with E-state index in [4.69, 9.17) is 9.97 Å². The van der Waals surface area contributed by atoms with Gasteiger partial charge >= 0.3 is 0 Å². The van der Waals surface area contributed by atoms with E-state index in [2.05, 4.69) is 170 Å². The van der Waals surface area contributed by atoms with Gasteiger partial charge in [0.25, 0.3) is 0 Å².